The van der Waals surface area contributed by atoms with Crippen LogP contribution in [0.1, 0.15) is 55.9 Å². The van der Waals surface area contributed by atoms with E-state index < -0.39 is 0 Å². The predicted molar refractivity (Wildman–Crippen MR) is 141 cm³/mol. The first-order chi connectivity index (χ1) is 16.3. The maximum Gasteiger partial charge on any atom is 0.165 e. The van der Waals surface area contributed by atoms with Crippen LogP contribution in [0.25, 0.3) is 0 Å². The van der Waals surface area contributed by atoms with Gasteiger partial charge in [0, 0.05) is 11.6 Å². The van der Waals surface area contributed by atoms with Gasteiger partial charge in [-0.2, -0.15) is 0 Å². The second-order valence-electron chi connectivity index (χ2n) is 9.49. The number of benzene rings is 3. The SMILES string of the molecule is C.CCCN1CCC[C@@H]2Cc3c(ccc(OCc4ccccc4)c3OCc3ccccc3)C[C@H]21. The summed E-state index contributed by atoms with van der Waals surface area (Å²) < 4.78 is 12.9. The van der Waals surface area contributed by atoms with Gasteiger partial charge in [-0.25, -0.2) is 0 Å². The summed E-state index contributed by atoms with van der Waals surface area (Å²) in [7, 11) is 0. The lowest BCUT2D eigenvalue weighted by molar-refractivity contribution is 0.0844. The zero-order valence-electron chi connectivity index (χ0n) is 19.7. The van der Waals surface area contributed by atoms with Crippen LogP contribution < -0.4 is 9.47 Å². The van der Waals surface area contributed by atoms with Gasteiger partial charge >= 0.3 is 0 Å². The second kappa shape index (κ2) is 11.6. The molecule has 0 spiro atoms. The summed E-state index contributed by atoms with van der Waals surface area (Å²) in [6.07, 6.45) is 6.07. The van der Waals surface area contributed by atoms with Crippen molar-refractivity contribution in [2.45, 2.75) is 65.7 Å². The van der Waals surface area contributed by atoms with Crippen LogP contribution in [0.4, 0.5) is 0 Å². The lowest BCUT2D eigenvalue weighted by Gasteiger charge is -2.45. The minimum atomic E-state index is 0. The summed E-state index contributed by atoms with van der Waals surface area (Å²) in [4.78, 5) is 2.74. The molecule has 0 bridgehead atoms. The Balaban J connectivity index is 0.00000274. The Kier molecular flexibility index (Phi) is 8.29. The van der Waals surface area contributed by atoms with E-state index in [0.717, 1.165) is 24.3 Å². The van der Waals surface area contributed by atoms with Crippen LogP contribution in [-0.4, -0.2) is 24.0 Å². The van der Waals surface area contributed by atoms with Crippen molar-refractivity contribution >= 4 is 0 Å². The lowest BCUT2D eigenvalue weighted by Crippen LogP contribution is -2.49. The van der Waals surface area contributed by atoms with Crippen molar-refractivity contribution in [3.05, 3.63) is 95.1 Å². The lowest BCUT2D eigenvalue weighted by atomic mass is 9.75. The Morgan fingerprint density at radius 1 is 0.824 bits per heavy atom. The molecule has 1 heterocycles. The summed E-state index contributed by atoms with van der Waals surface area (Å²) in [5.41, 5.74) is 5.17. The van der Waals surface area contributed by atoms with Crippen molar-refractivity contribution in [1.82, 2.24) is 4.90 Å². The normalized spacial score (nSPS) is 19.4. The van der Waals surface area contributed by atoms with E-state index >= 15 is 0 Å². The highest BCUT2D eigenvalue weighted by molar-refractivity contribution is 5.52. The molecule has 5 rings (SSSR count). The molecular weight excluding hydrogens is 418 g/mol. The fourth-order valence-electron chi connectivity index (χ4n) is 5.60. The van der Waals surface area contributed by atoms with Crippen molar-refractivity contribution in [1.29, 1.82) is 0 Å². The molecule has 0 saturated carbocycles. The third-order valence-corrected chi connectivity index (χ3v) is 7.22. The highest BCUT2D eigenvalue weighted by Crippen LogP contribution is 2.43. The van der Waals surface area contributed by atoms with Gasteiger partial charge in [0.1, 0.15) is 13.2 Å². The Morgan fingerprint density at radius 3 is 2.18 bits per heavy atom. The average molecular weight is 458 g/mol. The van der Waals surface area contributed by atoms with Gasteiger partial charge in [0.05, 0.1) is 0 Å². The molecule has 0 radical (unpaired) electrons. The van der Waals surface area contributed by atoms with Crippen molar-refractivity contribution < 1.29 is 9.47 Å². The Hall–Kier alpha value is -2.78. The van der Waals surface area contributed by atoms with Crippen LogP contribution in [-0.2, 0) is 26.1 Å². The zero-order chi connectivity index (χ0) is 22.5. The number of fused-ring (bicyclic) bond motifs is 2. The van der Waals surface area contributed by atoms with E-state index in [2.05, 4.69) is 72.5 Å². The van der Waals surface area contributed by atoms with E-state index in [9.17, 15) is 0 Å². The monoisotopic (exact) mass is 457 g/mol. The van der Waals surface area contributed by atoms with Crippen LogP contribution in [0.2, 0.25) is 0 Å². The van der Waals surface area contributed by atoms with Gasteiger partial charge in [0.25, 0.3) is 0 Å². The molecule has 3 aromatic rings. The van der Waals surface area contributed by atoms with E-state index in [1.165, 1.54) is 54.6 Å². The first-order valence-corrected chi connectivity index (χ1v) is 12.5. The largest absolute Gasteiger partial charge is 0.485 e. The van der Waals surface area contributed by atoms with Crippen molar-refractivity contribution in [2.75, 3.05) is 13.1 Å². The number of hydrogen-bond acceptors (Lipinski definition) is 3. The van der Waals surface area contributed by atoms with Crippen LogP contribution in [0.5, 0.6) is 11.5 Å². The minimum Gasteiger partial charge on any atom is -0.485 e. The summed E-state index contributed by atoms with van der Waals surface area (Å²) in [6, 6.07) is 25.9. The van der Waals surface area contributed by atoms with Gasteiger partial charge < -0.3 is 9.47 Å². The maximum atomic E-state index is 6.53. The molecule has 180 valence electrons. The molecule has 2 atom stereocenters. The molecule has 1 saturated heterocycles. The maximum absolute atomic E-state index is 6.53. The molecule has 3 heteroatoms. The summed E-state index contributed by atoms with van der Waals surface area (Å²) in [5.74, 6) is 2.54. The molecule has 0 aromatic heterocycles. The van der Waals surface area contributed by atoms with Gasteiger partial charge in [-0.1, -0.05) is 81.1 Å². The van der Waals surface area contributed by atoms with Crippen molar-refractivity contribution in [3.63, 3.8) is 0 Å². The Bertz CT molecular complexity index is 1030. The van der Waals surface area contributed by atoms with Gasteiger partial charge in [-0.05, 0) is 73.9 Å². The van der Waals surface area contributed by atoms with Crippen molar-refractivity contribution in [3.8, 4) is 11.5 Å². The van der Waals surface area contributed by atoms with Crippen LogP contribution in [0.3, 0.4) is 0 Å². The van der Waals surface area contributed by atoms with E-state index in [1.54, 1.807) is 0 Å². The first-order valence-electron chi connectivity index (χ1n) is 12.5. The molecule has 3 aromatic carbocycles. The standard InChI is InChI=1S/C30H35NO2.CH4/c1-2-17-31-18-9-14-26-19-27-25(20-28(26)31)15-16-29(32-21-23-10-5-3-6-11-23)30(27)33-22-24-12-7-4-8-13-24;/h3-8,10-13,15-16,26,28H,2,9,14,17-22H2,1H3;1H4/t26-,28-;/m1./s1. The fourth-order valence-corrected chi connectivity index (χ4v) is 5.60. The molecule has 0 amide bonds. The summed E-state index contributed by atoms with van der Waals surface area (Å²) in [6.45, 7) is 5.88. The molecule has 0 unspecified atom stereocenters. The molecule has 1 fully saturated rings. The average Bonchev–Trinajstić information content (AvgIpc) is 2.87. The predicted octanol–water partition coefficient (Wildman–Crippen LogP) is 7.07. The highest BCUT2D eigenvalue weighted by Gasteiger charge is 2.36. The third-order valence-electron chi connectivity index (χ3n) is 7.22. The van der Waals surface area contributed by atoms with Gasteiger partial charge in [-0.3, -0.25) is 4.90 Å². The molecule has 0 N–H and O–H groups in total. The highest BCUT2D eigenvalue weighted by atomic mass is 16.5. The Labute approximate surface area is 205 Å². The minimum absolute atomic E-state index is 0. The number of rotatable bonds is 8. The van der Waals surface area contributed by atoms with Gasteiger partial charge in [-0.15, -0.1) is 0 Å². The number of nitrogens with zero attached hydrogens (tertiary/aromatic N) is 1. The van der Waals surface area contributed by atoms with Gasteiger partial charge in [0.2, 0.25) is 0 Å². The molecule has 1 aliphatic carbocycles. The van der Waals surface area contributed by atoms with Crippen LogP contribution in [0, 0.1) is 5.92 Å². The zero-order valence-corrected chi connectivity index (χ0v) is 19.7. The summed E-state index contributed by atoms with van der Waals surface area (Å²) in [5, 5.41) is 0. The van der Waals surface area contributed by atoms with Crippen LogP contribution in [0.15, 0.2) is 72.8 Å². The molecule has 1 aliphatic heterocycles. The van der Waals surface area contributed by atoms with Crippen molar-refractivity contribution in [2.24, 2.45) is 5.92 Å². The molecule has 2 aliphatic rings. The van der Waals surface area contributed by atoms with E-state index in [-0.39, 0.29) is 7.43 Å². The number of likely N-dealkylation sites (tertiary alicyclic amines) is 1. The van der Waals surface area contributed by atoms with Crippen LogP contribution >= 0.6 is 0 Å². The van der Waals surface area contributed by atoms with E-state index in [4.69, 9.17) is 9.47 Å². The Morgan fingerprint density at radius 2 is 1.50 bits per heavy atom. The third kappa shape index (κ3) is 5.47. The first kappa shape index (κ1) is 24.3. The number of hydrogen-bond donors (Lipinski definition) is 0. The fraction of sp³-hybridized carbons (Fsp3) is 0.419. The molecule has 3 nitrogen and oxygen atoms in total. The number of ether oxygens (including phenoxy) is 2. The smallest absolute Gasteiger partial charge is 0.165 e. The van der Waals surface area contributed by atoms with E-state index in [1.807, 2.05) is 12.1 Å². The molecule has 34 heavy (non-hydrogen) atoms. The quantitative estimate of drug-likeness (QED) is 0.361. The summed E-state index contributed by atoms with van der Waals surface area (Å²) >= 11 is 0. The molecular formula is C31H39NO2. The topological polar surface area (TPSA) is 21.7 Å². The number of piperidine rings is 1. The van der Waals surface area contributed by atoms with Gasteiger partial charge in [0.15, 0.2) is 11.5 Å². The second-order valence-corrected chi connectivity index (χ2v) is 9.49. The van der Waals surface area contributed by atoms with E-state index in [0.29, 0.717) is 25.2 Å².